The van der Waals surface area contributed by atoms with Crippen LogP contribution >= 0.6 is 0 Å². The van der Waals surface area contributed by atoms with E-state index in [0.717, 1.165) is 17.5 Å². The second-order valence-corrected chi connectivity index (χ2v) is 6.76. The van der Waals surface area contributed by atoms with Crippen LogP contribution in [0, 0.1) is 0 Å². The highest BCUT2D eigenvalue weighted by molar-refractivity contribution is 6.05. The largest absolute Gasteiger partial charge is 0.494 e. The van der Waals surface area contributed by atoms with Crippen LogP contribution < -0.4 is 10.1 Å². The first-order chi connectivity index (χ1) is 13.8. The van der Waals surface area contributed by atoms with E-state index >= 15 is 0 Å². The van der Waals surface area contributed by atoms with E-state index in [1.165, 1.54) is 12.1 Å². The van der Waals surface area contributed by atoms with Crippen molar-refractivity contribution >= 4 is 27.9 Å². The van der Waals surface area contributed by atoms with Gasteiger partial charge < -0.3 is 20.1 Å². The van der Waals surface area contributed by atoms with Gasteiger partial charge in [0.25, 0.3) is 0 Å². The molecule has 150 valence electrons. The van der Waals surface area contributed by atoms with E-state index < -0.39 is 17.6 Å². The van der Waals surface area contributed by atoms with Gasteiger partial charge in [0.2, 0.25) is 5.91 Å². The van der Waals surface area contributed by atoms with E-state index in [-0.39, 0.29) is 18.2 Å². The number of aromatic nitrogens is 1. The molecule has 0 fully saturated rings. The van der Waals surface area contributed by atoms with Crippen molar-refractivity contribution in [1.82, 2.24) is 4.98 Å². The number of fused-ring (bicyclic) bond motifs is 2. The number of alkyl halides is 3. The number of allylic oxidation sites excluding steroid dienone is 1. The van der Waals surface area contributed by atoms with Gasteiger partial charge in [0.15, 0.2) is 5.88 Å². The second kappa shape index (κ2) is 7.20. The Bertz CT molecular complexity index is 1120. The van der Waals surface area contributed by atoms with E-state index in [1.807, 2.05) is 0 Å². The van der Waals surface area contributed by atoms with Crippen molar-refractivity contribution < 1.29 is 27.8 Å². The van der Waals surface area contributed by atoms with Crippen LogP contribution in [0.2, 0.25) is 0 Å². The molecule has 0 atom stereocenters. The molecule has 1 aliphatic heterocycles. The summed E-state index contributed by atoms with van der Waals surface area (Å²) in [4.78, 5) is 15.2. The number of rotatable bonds is 2. The van der Waals surface area contributed by atoms with Crippen molar-refractivity contribution in [2.75, 3.05) is 11.9 Å². The summed E-state index contributed by atoms with van der Waals surface area (Å²) in [5.41, 5.74) is 0.784. The highest BCUT2D eigenvalue weighted by atomic mass is 19.4. The van der Waals surface area contributed by atoms with Gasteiger partial charge in [-0.05, 0) is 42.7 Å². The maximum atomic E-state index is 13.0. The van der Waals surface area contributed by atoms with Crippen LogP contribution in [-0.4, -0.2) is 22.6 Å². The Morgan fingerprint density at radius 1 is 1.21 bits per heavy atom. The second-order valence-electron chi connectivity index (χ2n) is 6.76. The summed E-state index contributed by atoms with van der Waals surface area (Å²) in [6.45, 7) is 0.275. The molecule has 1 aliphatic rings. The van der Waals surface area contributed by atoms with Crippen molar-refractivity contribution in [2.24, 2.45) is 0 Å². The van der Waals surface area contributed by atoms with Crippen LogP contribution in [0.3, 0.4) is 0 Å². The van der Waals surface area contributed by atoms with Crippen LogP contribution in [0.4, 0.5) is 18.9 Å². The highest BCUT2D eigenvalue weighted by Crippen LogP contribution is 2.38. The number of aromatic hydroxyl groups is 1. The van der Waals surface area contributed by atoms with Crippen molar-refractivity contribution in [3.05, 3.63) is 59.8 Å². The number of aromatic amines is 1. The molecule has 29 heavy (non-hydrogen) atoms. The first kappa shape index (κ1) is 18.9. The maximum absolute atomic E-state index is 13.0. The van der Waals surface area contributed by atoms with Crippen molar-refractivity contribution in [2.45, 2.75) is 19.0 Å². The van der Waals surface area contributed by atoms with Gasteiger partial charge in [0, 0.05) is 34.3 Å². The zero-order valence-electron chi connectivity index (χ0n) is 15.1. The highest BCUT2D eigenvalue weighted by Gasteiger charge is 2.32. The number of hydrogen-bond acceptors (Lipinski definition) is 3. The number of amides is 1. The van der Waals surface area contributed by atoms with Crippen molar-refractivity contribution in [3.8, 4) is 11.6 Å². The van der Waals surface area contributed by atoms with Gasteiger partial charge in [0.1, 0.15) is 5.75 Å². The molecule has 0 bridgehead atoms. The van der Waals surface area contributed by atoms with Crippen molar-refractivity contribution in [3.63, 3.8) is 0 Å². The topological polar surface area (TPSA) is 74.3 Å². The zero-order chi connectivity index (χ0) is 20.6. The molecule has 0 saturated heterocycles. The molecular weight excluding hydrogens is 385 g/mol. The van der Waals surface area contributed by atoms with Gasteiger partial charge >= 0.3 is 6.18 Å². The maximum Gasteiger partial charge on any atom is 0.416 e. The Kier molecular flexibility index (Phi) is 4.70. The predicted octanol–water partition coefficient (Wildman–Crippen LogP) is 5.09. The first-order valence-electron chi connectivity index (χ1n) is 8.97. The van der Waals surface area contributed by atoms with E-state index in [1.54, 1.807) is 24.4 Å². The van der Waals surface area contributed by atoms with Gasteiger partial charge in [-0.25, -0.2) is 0 Å². The number of carbonyl (C=O) groups excluding carboxylic acids is 1. The summed E-state index contributed by atoms with van der Waals surface area (Å²) < 4.78 is 44.4. The van der Waals surface area contributed by atoms with Gasteiger partial charge in [0.05, 0.1) is 12.2 Å². The quantitative estimate of drug-likeness (QED) is 0.523. The minimum absolute atomic E-state index is 0.00441. The van der Waals surface area contributed by atoms with Crippen LogP contribution in [0.15, 0.2) is 48.7 Å². The summed E-state index contributed by atoms with van der Waals surface area (Å²) >= 11 is 0. The molecule has 0 saturated carbocycles. The number of nitrogens with one attached hydrogen (secondary N) is 2. The van der Waals surface area contributed by atoms with Gasteiger partial charge in [-0.15, -0.1) is 0 Å². The molecule has 1 amide bonds. The molecule has 0 unspecified atom stereocenters. The predicted molar refractivity (Wildman–Crippen MR) is 103 cm³/mol. The Labute approximate surface area is 163 Å². The monoisotopic (exact) mass is 402 g/mol. The third kappa shape index (κ3) is 3.91. The van der Waals surface area contributed by atoms with Gasteiger partial charge in [-0.1, -0.05) is 12.1 Å². The smallest absolute Gasteiger partial charge is 0.416 e. The number of H-pyrrole nitrogens is 1. The molecule has 2 heterocycles. The molecule has 1 aromatic heterocycles. The lowest BCUT2D eigenvalue weighted by Gasteiger charge is -2.13. The Hall–Kier alpha value is -3.42. The molecule has 8 heteroatoms. The molecule has 4 rings (SSSR count). The molecule has 3 N–H and O–H groups in total. The lowest BCUT2D eigenvalue weighted by molar-refractivity contribution is -0.137. The van der Waals surface area contributed by atoms with E-state index in [2.05, 4.69) is 10.3 Å². The summed E-state index contributed by atoms with van der Waals surface area (Å²) in [6.07, 6.45) is -0.353. The fraction of sp³-hybridized carbons (Fsp3) is 0.190. The molecule has 0 aliphatic carbocycles. The third-order valence-electron chi connectivity index (χ3n) is 4.75. The Morgan fingerprint density at radius 3 is 2.83 bits per heavy atom. The number of ether oxygens (including phenoxy) is 1. The third-order valence-corrected chi connectivity index (χ3v) is 4.75. The molecule has 2 aromatic carbocycles. The van der Waals surface area contributed by atoms with E-state index in [4.69, 9.17) is 4.74 Å². The fourth-order valence-corrected chi connectivity index (χ4v) is 3.34. The number of anilines is 1. The SMILES string of the molecule is O=C(C=C1CCCOc2cc(C(F)(F)F)ccc21)Nc1ccc2c[nH]c(O)c2c1. The minimum Gasteiger partial charge on any atom is -0.494 e. The number of carbonyl (C=O) groups is 1. The van der Waals surface area contributed by atoms with Gasteiger partial charge in [-0.3, -0.25) is 4.79 Å². The Balaban J connectivity index is 1.61. The average molecular weight is 402 g/mol. The fourth-order valence-electron chi connectivity index (χ4n) is 3.34. The summed E-state index contributed by atoms with van der Waals surface area (Å²) in [6, 6.07) is 8.38. The van der Waals surface area contributed by atoms with E-state index in [9.17, 15) is 23.1 Å². The lowest BCUT2D eigenvalue weighted by atomic mass is 9.99. The molecule has 5 nitrogen and oxygen atoms in total. The molecular formula is C21H17F3N2O3. The molecule has 3 aromatic rings. The standard InChI is InChI=1S/C21H17F3N2O3/c22-21(23,24)14-4-6-16-12(2-1-7-29-18(16)9-14)8-19(27)26-15-5-3-13-11-25-20(28)17(13)10-15/h3-6,8-11,25,28H,1-2,7H2,(H,26,27). The molecule has 0 radical (unpaired) electrons. The summed E-state index contributed by atoms with van der Waals surface area (Å²) in [5.74, 6) is -0.290. The van der Waals surface area contributed by atoms with Crippen LogP contribution in [0.5, 0.6) is 11.6 Å². The number of halogens is 3. The Morgan fingerprint density at radius 2 is 2.03 bits per heavy atom. The van der Waals surface area contributed by atoms with E-state index in [0.29, 0.717) is 35.1 Å². The normalized spacial score (nSPS) is 15.6. The zero-order valence-corrected chi connectivity index (χ0v) is 15.1. The van der Waals surface area contributed by atoms with Gasteiger partial charge in [-0.2, -0.15) is 13.2 Å². The van der Waals surface area contributed by atoms with Crippen LogP contribution in [-0.2, 0) is 11.0 Å². The summed E-state index contributed by atoms with van der Waals surface area (Å²) in [7, 11) is 0. The lowest BCUT2D eigenvalue weighted by Crippen LogP contribution is -2.09. The number of benzene rings is 2. The summed E-state index contributed by atoms with van der Waals surface area (Å²) in [5, 5.41) is 13.9. The van der Waals surface area contributed by atoms with Crippen LogP contribution in [0.1, 0.15) is 24.0 Å². The number of hydrogen-bond donors (Lipinski definition) is 3. The molecule has 0 spiro atoms. The van der Waals surface area contributed by atoms with Crippen molar-refractivity contribution in [1.29, 1.82) is 0 Å². The average Bonchev–Trinajstić information content (AvgIpc) is 2.91. The minimum atomic E-state index is -4.46. The van der Waals surface area contributed by atoms with Crippen LogP contribution in [0.25, 0.3) is 16.3 Å². The first-order valence-corrected chi connectivity index (χ1v) is 8.97.